The molecule has 0 saturated heterocycles. The summed E-state index contributed by atoms with van der Waals surface area (Å²) in [7, 11) is 0. The zero-order chi connectivity index (χ0) is 19.8. The molecule has 2 aromatic rings. The predicted octanol–water partition coefficient (Wildman–Crippen LogP) is 4.33. The van der Waals surface area contributed by atoms with Crippen LogP contribution in [0.15, 0.2) is 29.6 Å². The maximum atomic E-state index is 14.2. The number of esters is 1. The quantitative estimate of drug-likeness (QED) is 0.357. The Hall–Kier alpha value is -2.22. The van der Waals surface area contributed by atoms with Crippen LogP contribution in [0.25, 0.3) is 0 Å². The van der Waals surface area contributed by atoms with Gasteiger partial charge in [0.2, 0.25) is 0 Å². The molecule has 0 aliphatic heterocycles. The summed E-state index contributed by atoms with van der Waals surface area (Å²) in [6, 6.07) is 3.96. The minimum atomic E-state index is -0.820. The van der Waals surface area contributed by atoms with Gasteiger partial charge in [0.1, 0.15) is 6.61 Å². The molecule has 1 aromatic heterocycles. The van der Waals surface area contributed by atoms with E-state index in [2.05, 4.69) is 9.97 Å². The van der Waals surface area contributed by atoms with E-state index in [1.807, 2.05) is 13.8 Å². The number of rotatable bonds is 9. The van der Waals surface area contributed by atoms with Gasteiger partial charge in [0, 0.05) is 17.9 Å². The molecular weight excluding hydrogens is 374 g/mol. The lowest BCUT2D eigenvalue weighted by Gasteiger charge is -2.11. The van der Waals surface area contributed by atoms with Crippen molar-refractivity contribution in [3.63, 3.8) is 0 Å². The second-order valence-corrected chi connectivity index (χ2v) is 7.52. The Morgan fingerprint density at radius 3 is 2.59 bits per heavy atom. The Morgan fingerprint density at radius 1 is 1.26 bits per heavy atom. The SMILES string of the molecule is CCOC(=O)CCc1cc(F)c(OCc2ccnc(SC(C)C)n2)c(F)c1. The summed E-state index contributed by atoms with van der Waals surface area (Å²) in [5, 5.41) is 0.902. The van der Waals surface area contributed by atoms with Crippen molar-refractivity contribution >= 4 is 17.7 Å². The highest BCUT2D eigenvalue weighted by Gasteiger charge is 2.14. The number of halogens is 2. The lowest BCUT2D eigenvalue weighted by Crippen LogP contribution is -2.07. The third-order valence-electron chi connectivity index (χ3n) is 3.38. The number of ether oxygens (including phenoxy) is 2. The van der Waals surface area contributed by atoms with E-state index in [4.69, 9.17) is 9.47 Å². The number of aryl methyl sites for hydroxylation is 1. The van der Waals surface area contributed by atoms with Crippen LogP contribution in [0.5, 0.6) is 5.75 Å². The van der Waals surface area contributed by atoms with Crippen LogP contribution in [-0.4, -0.2) is 27.8 Å². The molecule has 0 saturated carbocycles. The number of thioether (sulfide) groups is 1. The van der Waals surface area contributed by atoms with E-state index in [0.29, 0.717) is 21.7 Å². The van der Waals surface area contributed by atoms with E-state index in [0.717, 1.165) is 12.1 Å². The fraction of sp³-hybridized carbons (Fsp3) is 0.421. The van der Waals surface area contributed by atoms with E-state index < -0.39 is 23.4 Å². The molecule has 2 rings (SSSR count). The second-order valence-electron chi connectivity index (χ2n) is 5.98. The third-order valence-corrected chi connectivity index (χ3v) is 4.26. The van der Waals surface area contributed by atoms with E-state index in [-0.39, 0.29) is 26.1 Å². The van der Waals surface area contributed by atoms with Crippen LogP contribution in [0.1, 0.15) is 38.4 Å². The third kappa shape index (κ3) is 6.78. The summed E-state index contributed by atoms with van der Waals surface area (Å²) in [5.74, 6) is -2.51. The second kappa shape index (κ2) is 10.2. The zero-order valence-electron chi connectivity index (χ0n) is 15.5. The van der Waals surface area contributed by atoms with Crippen molar-refractivity contribution in [1.82, 2.24) is 9.97 Å². The highest BCUT2D eigenvalue weighted by molar-refractivity contribution is 7.99. The van der Waals surface area contributed by atoms with Crippen LogP contribution in [0.4, 0.5) is 8.78 Å². The lowest BCUT2D eigenvalue weighted by molar-refractivity contribution is -0.143. The molecule has 0 aliphatic carbocycles. The molecule has 0 aliphatic rings. The van der Waals surface area contributed by atoms with Crippen molar-refractivity contribution in [1.29, 1.82) is 0 Å². The number of nitrogens with zero attached hydrogens (tertiary/aromatic N) is 2. The molecule has 0 fully saturated rings. The molecule has 0 atom stereocenters. The van der Waals surface area contributed by atoms with Gasteiger partial charge in [-0.15, -0.1) is 0 Å². The average Bonchev–Trinajstić information content (AvgIpc) is 2.59. The summed E-state index contributed by atoms with van der Waals surface area (Å²) in [5.41, 5.74) is 0.890. The average molecular weight is 396 g/mol. The monoisotopic (exact) mass is 396 g/mol. The first-order chi connectivity index (χ1) is 12.9. The molecule has 27 heavy (non-hydrogen) atoms. The van der Waals surface area contributed by atoms with Crippen molar-refractivity contribution in [3.8, 4) is 5.75 Å². The molecule has 0 N–H and O–H groups in total. The Labute approximate surface area is 161 Å². The van der Waals surface area contributed by atoms with Gasteiger partial charge in [-0.05, 0) is 37.1 Å². The Balaban J connectivity index is 2.01. The lowest BCUT2D eigenvalue weighted by atomic mass is 10.1. The van der Waals surface area contributed by atoms with E-state index in [9.17, 15) is 13.6 Å². The minimum absolute atomic E-state index is 0.0597. The summed E-state index contributed by atoms with van der Waals surface area (Å²) in [6.07, 6.45) is 1.83. The molecular formula is C19H22F2N2O3S. The Bertz CT molecular complexity index is 764. The number of aromatic nitrogens is 2. The van der Waals surface area contributed by atoms with E-state index in [1.165, 1.54) is 11.8 Å². The Morgan fingerprint density at radius 2 is 1.96 bits per heavy atom. The van der Waals surface area contributed by atoms with Gasteiger partial charge in [0.25, 0.3) is 0 Å². The van der Waals surface area contributed by atoms with Gasteiger partial charge in [-0.25, -0.2) is 18.7 Å². The normalized spacial score (nSPS) is 10.9. The topological polar surface area (TPSA) is 61.3 Å². The number of hydrogen-bond donors (Lipinski definition) is 0. The molecule has 0 spiro atoms. The van der Waals surface area contributed by atoms with Crippen LogP contribution in [-0.2, 0) is 22.6 Å². The Kier molecular flexibility index (Phi) is 7.97. The van der Waals surface area contributed by atoms with Crippen LogP contribution in [0.2, 0.25) is 0 Å². The molecule has 0 radical (unpaired) electrons. The molecule has 1 aromatic carbocycles. The summed E-state index contributed by atoms with van der Waals surface area (Å²) >= 11 is 1.49. The fourth-order valence-corrected chi connectivity index (χ4v) is 2.96. The number of carbonyl (C=O) groups excluding carboxylic acids is 1. The predicted molar refractivity (Wildman–Crippen MR) is 98.7 cm³/mol. The van der Waals surface area contributed by atoms with Gasteiger partial charge in [-0.1, -0.05) is 25.6 Å². The number of benzene rings is 1. The minimum Gasteiger partial charge on any atom is -0.481 e. The van der Waals surface area contributed by atoms with Crippen molar-refractivity contribution in [3.05, 3.63) is 47.3 Å². The van der Waals surface area contributed by atoms with Crippen molar-refractivity contribution < 1.29 is 23.0 Å². The molecule has 0 unspecified atom stereocenters. The molecule has 0 bridgehead atoms. The van der Waals surface area contributed by atoms with Crippen molar-refractivity contribution in [2.45, 2.75) is 50.6 Å². The highest BCUT2D eigenvalue weighted by Crippen LogP contribution is 2.25. The van der Waals surface area contributed by atoms with E-state index >= 15 is 0 Å². The molecule has 5 nitrogen and oxygen atoms in total. The summed E-state index contributed by atoms with van der Waals surface area (Å²) < 4.78 is 38.5. The maximum Gasteiger partial charge on any atom is 0.306 e. The largest absolute Gasteiger partial charge is 0.481 e. The zero-order valence-corrected chi connectivity index (χ0v) is 16.3. The van der Waals surface area contributed by atoms with Crippen molar-refractivity contribution in [2.24, 2.45) is 0 Å². The first kappa shape index (κ1) is 21.1. The fourth-order valence-electron chi connectivity index (χ4n) is 2.24. The van der Waals surface area contributed by atoms with Gasteiger partial charge in [0.05, 0.1) is 12.3 Å². The van der Waals surface area contributed by atoms with Gasteiger partial charge in [-0.3, -0.25) is 4.79 Å². The van der Waals surface area contributed by atoms with Crippen LogP contribution >= 0.6 is 11.8 Å². The summed E-state index contributed by atoms with van der Waals surface area (Å²) in [6.45, 7) is 5.93. The molecule has 0 amide bonds. The smallest absolute Gasteiger partial charge is 0.306 e. The molecule has 1 heterocycles. The standard InChI is InChI=1S/C19H22F2N2O3S/c1-4-25-17(24)6-5-13-9-15(20)18(16(21)10-13)26-11-14-7-8-22-19(23-14)27-12(2)3/h7-10,12H,4-6,11H2,1-3H3. The van der Waals surface area contributed by atoms with Crippen LogP contribution < -0.4 is 4.74 Å². The molecule has 146 valence electrons. The highest BCUT2D eigenvalue weighted by atomic mass is 32.2. The van der Waals surface area contributed by atoms with Gasteiger partial charge in [-0.2, -0.15) is 0 Å². The van der Waals surface area contributed by atoms with Crippen molar-refractivity contribution in [2.75, 3.05) is 6.61 Å². The first-order valence-electron chi connectivity index (χ1n) is 8.64. The van der Waals surface area contributed by atoms with Gasteiger partial charge >= 0.3 is 5.97 Å². The maximum absolute atomic E-state index is 14.2. The number of carbonyl (C=O) groups is 1. The first-order valence-corrected chi connectivity index (χ1v) is 9.52. The van der Waals surface area contributed by atoms with Crippen LogP contribution in [0, 0.1) is 11.6 Å². The van der Waals surface area contributed by atoms with Crippen LogP contribution in [0.3, 0.4) is 0 Å². The summed E-state index contributed by atoms with van der Waals surface area (Å²) in [4.78, 5) is 19.8. The van der Waals surface area contributed by atoms with E-state index in [1.54, 1.807) is 19.2 Å². The van der Waals surface area contributed by atoms with Gasteiger partial charge in [0.15, 0.2) is 22.5 Å². The number of hydrogen-bond acceptors (Lipinski definition) is 6. The molecule has 8 heteroatoms. The van der Waals surface area contributed by atoms with Gasteiger partial charge < -0.3 is 9.47 Å².